The molecule has 0 amide bonds. The van der Waals surface area contributed by atoms with Crippen molar-refractivity contribution in [1.82, 2.24) is 18.9 Å². The highest BCUT2D eigenvalue weighted by atomic mass is 35.5. The molecular weight excluding hydrogens is 448 g/mol. The van der Waals surface area contributed by atoms with Crippen molar-refractivity contribution in [1.29, 1.82) is 0 Å². The first-order valence-electron chi connectivity index (χ1n) is 9.83. The van der Waals surface area contributed by atoms with Crippen molar-refractivity contribution in [2.24, 2.45) is 0 Å². The van der Waals surface area contributed by atoms with E-state index in [-0.39, 0.29) is 36.8 Å². The molecular formula is C22H21ClN6O2S. The van der Waals surface area contributed by atoms with Gasteiger partial charge in [0.2, 0.25) is 5.95 Å². The van der Waals surface area contributed by atoms with Gasteiger partial charge in [0.05, 0.1) is 22.3 Å². The van der Waals surface area contributed by atoms with E-state index >= 15 is 0 Å². The van der Waals surface area contributed by atoms with E-state index < -0.39 is 0 Å². The van der Waals surface area contributed by atoms with E-state index in [1.807, 2.05) is 41.4 Å². The number of para-hydroxylation sites is 1. The third-order valence-corrected chi connectivity index (χ3v) is 5.92. The molecule has 0 saturated carbocycles. The van der Waals surface area contributed by atoms with Gasteiger partial charge in [-0.05, 0) is 31.5 Å². The van der Waals surface area contributed by atoms with Crippen LogP contribution in [0.15, 0.2) is 59.8 Å². The SMILES string of the molecule is CC(=O)c1cnc(N)nc1N1CC[C@H]1c1cn2ccc(Cl)c2c(=O)n1-c1ccccc1.S. The molecule has 4 heterocycles. The van der Waals surface area contributed by atoms with Gasteiger partial charge >= 0.3 is 0 Å². The summed E-state index contributed by atoms with van der Waals surface area (Å²) in [5, 5.41) is 0.397. The van der Waals surface area contributed by atoms with Gasteiger partial charge in [-0.25, -0.2) is 4.98 Å². The molecule has 1 atom stereocenters. The third-order valence-electron chi connectivity index (χ3n) is 5.62. The fraction of sp³-hybridized carbons (Fsp3) is 0.182. The van der Waals surface area contributed by atoms with Gasteiger partial charge in [0.25, 0.3) is 5.56 Å². The molecule has 1 aromatic carbocycles. The van der Waals surface area contributed by atoms with Crippen LogP contribution in [-0.2, 0) is 0 Å². The standard InChI is InChI=1S/C22H19ClN6O2.H2S/c1-13(30)15-11-25-22(24)26-20(15)28-10-8-17(28)18-12-27-9-7-16(23)19(27)21(31)29(18)14-5-3-2-4-6-14;/h2-7,9,11-12,17H,8,10H2,1H3,(H2,24,25,26);1H2/t17-;/m0./s1. The number of ketones is 1. The molecule has 10 heteroatoms. The van der Waals surface area contributed by atoms with Crippen LogP contribution in [0.1, 0.15) is 35.4 Å². The second-order valence-corrected chi connectivity index (χ2v) is 7.88. The number of carbonyl (C=O) groups excluding carboxylic acids is 1. The Morgan fingerprint density at radius 1 is 1.22 bits per heavy atom. The van der Waals surface area contributed by atoms with Crippen LogP contribution in [0.25, 0.3) is 11.2 Å². The normalized spacial score (nSPS) is 15.3. The summed E-state index contributed by atoms with van der Waals surface area (Å²) in [4.78, 5) is 35.9. The second-order valence-electron chi connectivity index (χ2n) is 7.47. The minimum Gasteiger partial charge on any atom is -0.368 e. The Hall–Kier alpha value is -3.30. The zero-order valence-electron chi connectivity index (χ0n) is 17.2. The summed E-state index contributed by atoms with van der Waals surface area (Å²) >= 11 is 6.30. The fourth-order valence-electron chi connectivity index (χ4n) is 4.05. The highest BCUT2D eigenvalue weighted by Gasteiger charge is 2.36. The lowest BCUT2D eigenvalue weighted by molar-refractivity contribution is 0.101. The summed E-state index contributed by atoms with van der Waals surface area (Å²) in [6, 6.07) is 11.0. The van der Waals surface area contributed by atoms with E-state index in [4.69, 9.17) is 17.3 Å². The van der Waals surface area contributed by atoms with E-state index in [1.165, 1.54) is 13.1 Å². The van der Waals surface area contributed by atoms with Crippen LogP contribution in [-0.4, -0.2) is 31.3 Å². The van der Waals surface area contributed by atoms with Crippen LogP contribution >= 0.6 is 25.1 Å². The summed E-state index contributed by atoms with van der Waals surface area (Å²) in [5.41, 5.74) is 7.93. The first kappa shape index (κ1) is 21.9. The minimum atomic E-state index is -0.209. The monoisotopic (exact) mass is 468 g/mol. The summed E-state index contributed by atoms with van der Waals surface area (Å²) < 4.78 is 3.42. The highest BCUT2D eigenvalue weighted by molar-refractivity contribution is 7.59. The predicted molar refractivity (Wildman–Crippen MR) is 130 cm³/mol. The van der Waals surface area contributed by atoms with Gasteiger partial charge in [0, 0.05) is 30.8 Å². The number of rotatable bonds is 4. The fourth-order valence-corrected chi connectivity index (χ4v) is 4.28. The number of Topliss-reactive ketones (excluding diaryl/α,β-unsaturated/α-hetero) is 1. The molecule has 1 aliphatic heterocycles. The topological polar surface area (TPSA) is 98.5 Å². The predicted octanol–water partition coefficient (Wildman–Crippen LogP) is 3.38. The van der Waals surface area contributed by atoms with Gasteiger partial charge in [-0.15, -0.1) is 0 Å². The molecule has 0 spiro atoms. The number of aromatic nitrogens is 4. The van der Waals surface area contributed by atoms with Gasteiger partial charge in [0.15, 0.2) is 5.78 Å². The Bertz CT molecular complexity index is 1380. The molecule has 2 N–H and O–H groups in total. The summed E-state index contributed by atoms with van der Waals surface area (Å²) in [6.45, 7) is 2.15. The zero-order valence-corrected chi connectivity index (χ0v) is 19.0. The van der Waals surface area contributed by atoms with Crippen LogP contribution in [0.3, 0.4) is 0 Å². The lowest BCUT2D eigenvalue weighted by Gasteiger charge is -2.43. The molecule has 1 aliphatic rings. The quantitative estimate of drug-likeness (QED) is 0.461. The molecule has 0 aliphatic carbocycles. The Morgan fingerprint density at radius 3 is 2.62 bits per heavy atom. The Morgan fingerprint density at radius 2 is 1.97 bits per heavy atom. The van der Waals surface area contributed by atoms with Crippen molar-refractivity contribution in [2.75, 3.05) is 17.2 Å². The van der Waals surface area contributed by atoms with Gasteiger partial charge in [-0.2, -0.15) is 18.5 Å². The van der Waals surface area contributed by atoms with E-state index in [0.717, 1.165) is 17.8 Å². The number of hydrogen-bond acceptors (Lipinski definition) is 6. The first-order valence-corrected chi connectivity index (χ1v) is 10.2. The molecule has 164 valence electrons. The second kappa shape index (κ2) is 8.33. The highest BCUT2D eigenvalue weighted by Crippen LogP contribution is 2.39. The van der Waals surface area contributed by atoms with Crippen LogP contribution in [0.2, 0.25) is 5.02 Å². The van der Waals surface area contributed by atoms with Crippen LogP contribution in [0.4, 0.5) is 11.8 Å². The number of nitrogens with zero attached hydrogens (tertiary/aromatic N) is 5. The molecule has 8 nitrogen and oxygen atoms in total. The zero-order chi connectivity index (χ0) is 21.7. The third kappa shape index (κ3) is 3.43. The van der Waals surface area contributed by atoms with Crippen molar-refractivity contribution >= 4 is 48.2 Å². The first-order chi connectivity index (χ1) is 15.0. The maximum atomic E-state index is 13.5. The Balaban J connectivity index is 0.00000245. The number of benzene rings is 1. The largest absolute Gasteiger partial charge is 0.368 e. The lowest BCUT2D eigenvalue weighted by atomic mass is 9.97. The summed E-state index contributed by atoms with van der Waals surface area (Å²) in [6.07, 6.45) is 5.91. The van der Waals surface area contributed by atoms with Crippen LogP contribution in [0, 0.1) is 0 Å². The van der Waals surface area contributed by atoms with Crippen molar-refractivity contribution in [3.05, 3.63) is 81.6 Å². The molecule has 4 aromatic rings. The molecule has 0 radical (unpaired) electrons. The molecule has 1 fully saturated rings. The van der Waals surface area contributed by atoms with Crippen LogP contribution in [0.5, 0.6) is 0 Å². The number of fused-ring (bicyclic) bond motifs is 1. The molecule has 3 aromatic heterocycles. The number of nitrogens with two attached hydrogens (primary N) is 1. The number of hydrogen-bond donors (Lipinski definition) is 1. The van der Waals surface area contributed by atoms with Crippen LogP contribution < -0.4 is 16.2 Å². The smallest absolute Gasteiger partial charge is 0.281 e. The number of nitrogen functional groups attached to an aromatic ring is 1. The van der Waals surface area contributed by atoms with Crippen molar-refractivity contribution in [2.45, 2.75) is 19.4 Å². The minimum absolute atomic E-state index is 0. The van der Waals surface area contributed by atoms with E-state index in [2.05, 4.69) is 9.97 Å². The van der Waals surface area contributed by atoms with Crippen molar-refractivity contribution in [3.8, 4) is 5.69 Å². The van der Waals surface area contributed by atoms with Crippen molar-refractivity contribution < 1.29 is 4.79 Å². The van der Waals surface area contributed by atoms with E-state index in [9.17, 15) is 9.59 Å². The molecule has 0 bridgehead atoms. The average molecular weight is 469 g/mol. The maximum absolute atomic E-state index is 13.5. The average Bonchev–Trinajstić information content (AvgIpc) is 3.09. The number of halogens is 1. The van der Waals surface area contributed by atoms with Gasteiger partial charge in [-0.3, -0.25) is 14.2 Å². The van der Waals surface area contributed by atoms with E-state index in [1.54, 1.807) is 21.2 Å². The van der Waals surface area contributed by atoms with Gasteiger partial charge in [0.1, 0.15) is 11.3 Å². The van der Waals surface area contributed by atoms with Gasteiger partial charge in [-0.1, -0.05) is 29.8 Å². The van der Waals surface area contributed by atoms with Gasteiger partial charge < -0.3 is 15.0 Å². The summed E-state index contributed by atoms with van der Waals surface area (Å²) in [5.74, 6) is 0.432. The molecule has 5 rings (SSSR count). The molecule has 0 unspecified atom stereocenters. The summed E-state index contributed by atoms with van der Waals surface area (Å²) in [7, 11) is 0. The van der Waals surface area contributed by atoms with Crippen molar-refractivity contribution in [3.63, 3.8) is 0 Å². The number of carbonyl (C=O) groups is 1. The molecule has 32 heavy (non-hydrogen) atoms. The number of anilines is 2. The maximum Gasteiger partial charge on any atom is 0.281 e. The van der Waals surface area contributed by atoms with E-state index in [0.29, 0.717) is 28.5 Å². The molecule has 1 saturated heterocycles. The Labute approximate surface area is 195 Å². The Kier molecular flexibility index (Phi) is 5.70. The lowest BCUT2D eigenvalue weighted by Crippen LogP contribution is -2.45.